The summed E-state index contributed by atoms with van der Waals surface area (Å²) in [5.41, 5.74) is 0.870. The summed E-state index contributed by atoms with van der Waals surface area (Å²) >= 11 is 0. The van der Waals surface area contributed by atoms with Crippen LogP contribution in [0.2, 0.25) is 0 Å². The highest BCUT2D eigenvalue weighted by Crippen LogP contribution is 2.20. The maximum atomic E-state index is 12.2. The molecule has 0 heterocycles. The van der Waals surface area contributed by atoms with Crippen molar-refractivity contribution >= 4 is 0 Å². The van der Waals surface area contributed by atoms with Crippen molar-refractivity contribution in [2.75, 3.05) is 19.7 Å². The summed E-state index contributed by atoms with van der Waals surface area (Å²) in [7, 11) is 0. The highest BCUT2D eigenvalue weighted by Gasteiger charge is 2.28. The number of aliphatic hydroxyl groups excluding tert-OH is 2. The van der Waals surface area contributed by atoms with Crippen molar-refractivity contribution in [2.24, 2.45) is 0 Å². The molecule has 0 saturated carbocycles. The molecule has 1 atom stereocenters. The fourth-order valence-electron chi connectivity index (χ4n) is 1.72. The summed E-state index contributed by atoms with van der Waals surface area (Å²) in [5.74, 6) is 0. The van der Waals surface area contributed by atoms with Crippen LogP contribution in [-0.4, -0.2) is 47.1 Å². The van der Waals surface area contributed by atoms with Gasteiger partial charge in [-0.25, -0.2) is 0 Å². The Kier molecular flexibility index (Phi) is 6.27. The van der Waals surface area contributed by atoms with Crippen LogP contribution in [0.1, 0.15) is 12.0 Å². The molecule has 3 nitrogen and oxygen atoms in total. The van der Waals surface area contributed by atoms with Crippen LogP contribution in [0.4, 0.5) is 13.2 Å². The van der Waals surface area contributed by atoms with Gasteiger partial charge < -0.3 is 10.2 Å². The average Bonchev–Trinajstić information content (AvgIpc) is 2.36. The van der Waals surface area contributed by atoms with Gasteiger partial charge in [-0.3, -0.25) is 4.90 Å². The third kappa shape index (κ3) is 7.15. The third-order valence-electron chi connectivity index (χ3n) is 2.64. The van der Waals surface area contributed by atoms with E-state index in [2.05, 4.69) is 0 Å². The minimum atomic E-state index is -4.22. The fourth-order valence-corrected chi connectivity index (χ4v) is 1.72. The number of alkyl halides is 3. The molecule has 0 aliphatic carbocycles. The van der Waals surface area contributed by atoms with Crippen molar-refractivity contribution in [1.82, 2.24) is 4.90 Å². The predicted molar refractivity (Wildman–Crippen MR) is 65.5 cm³/mol. The summed E-state index contributed by atoms with van der Waals surface area (Å²) in [4.78, 5) is 1.49. The molecular weight excluding hydrogens is 259 g/mol. The molecule has 1 rings (SSSR count). The molecular formula is C13H18F3NO2. The molecule has 0 unspecified atom stereocenters. The third-order valence-corrected chi connectivity index (χ3v) is 2.64. The van der Waals surface area contributed by atoms with Crippen molar-refractivity contribution in [2.45, 2.75) is 25.2 Å². The second-order valence-electron chi connectivity index (χ2n) is 4.42. The van der Waals surface area contributed by atoms with E-state index in [1.54, 1.807) is 12.1 Å². The molecule has 0 amide bonds. The van der Waals surface area contributed by atoms with Crippen LogP contribution in [0, 0.1) is 0 Å². The number of nitrogens with zero attached hydrogens (tertiary/aromatic N) is 1. The zero-order chi connectivity index (χ0) is 14.3. The fraction of sp³-hybridized carbons (Fsp3) is 0.538. The second-order valence-corrected chi connectivity index (χ2v) is 4.42. The van der Waals surface area contributed by atoms with Crippen LogP contribution in [0.25, 0.3) is 0 Å². The summed E-state index contributed by atoms with van der Waals surface area (Å²) in [6.45, 7) is -0.331. The smallest absolute Gasteiger partial charge is 0.390 e. The van der Waals surface area contributed by atoms with E-state index >= 15 is 0 Å². The Morgan fingerprint density at radius 3 is 2.32 bits per heavy atom. The maximum Gasteiger partial charge on any atom is 0.390 e. The van der Waals surface area contributed by atoms with Gasteiger partial charge in [0.15, 0.2) is 0 Å². The zero-order valence-electron chi connectivity index (χ0n) is 10.5. The van der Waals surface area contributed by atoms with E-state index in [0.29, 0.717) is 6.54 Å². The average molecular weight is 277 g/mol. The SMILES string of the molecule is OC[C@@H](O)CN(CCC(F)(F)F)Cc1ccccc1. The Bertz CT molecular complexity index is 357. The molecule has 6 heteroatoms. The number of benzene rings is 1. The number of hydrogen-bond acceptors (Lipinski definition) is 3. The molecule has 0 radical (unpaired) electrons. The Hall–Kier alpha value is -1.11. The molecule has 0 aromatic heterocycles. The molecule has 2 N–H and O–H groups in total. The van der Waals surface area contributed by atoms with Crippen LogP contribution >= 0.6 is 0 Å². The number of halogens is 3. The van der Waals surface area contributed by atoms with Gasteiger partial charge in [0.25, 0.3) is 0 Å². The van der Waals surface area contributed by atoms with E-state index in [1.165, 1.54) is 4.90 Å². The van der Waals surface area contributed by atoms with Crippen LogP contribution in [0.15, 0.2) is 30.3 Å². The molecule has 0 bridgehead atoms. The largest absolute Gasteiger partial charge is 0.394 e. The lowest BCUT2D eigenvalue weighted by Crippen LogP contribution is -2.36. The Balaban J connectivity index is 2.58. The molecule has 1 aromatic rings. The molecule has 108 valence electrons. The molecule has 1 aromatic carbocycles. The van der Waals surface area contributed by atoms with Crippen LogP contribution in [0.3, 0.4) is 0 Å². The van der Waals surface area contributed by atoms with E-state index in [-0.39, 0.29) is 13.1 Å². The van der Waals surface area contributed by atoms with Gasteiger partial charge in [0, 0.05) is 19.6 Å². The van der Waals surface area contributed by atoms with E-state index in [0.717, 1.165) is 5.56 Å². The van der Waals surface area contributed by atoms with Crippen molar-refractivity contribution in [3.05, 3.63) is 35.9 Å². The van der Waals surface area contributed by atoms with Crippen molar-refractivity contribution in [1.29, 1.82) is 0 Å². The van der Waals surface area contributed by atoms with Gasteiger partial charge in [0.2, 0.25) is 0 Å². The van der Waals surface area contributed by atoms with E-state index in [1.807, 2.05) is 18.2 Å². The molecule has 19 heavy (non-hydrogen) atoms. The van der Waals surface area contributed by atoms with Gasteiger partial charge in [-0.15, -0.1) is 0 Å². The Morgan fingerprint density at radius 1 is 1.16 bits per heavy atom. The molecule has 0 aliphatic heterocycles. The van der Waals surface area contributed by atoms with Crippen LogP contribution in [-0.2, 0) is 6.54 Å². The van der Waals surface area contributed by atoms with Crippen molar-refractivity contribution < 1.29 is 23.4 Å². The van der Waals surface area contributed by atoms with Gasteiger partial charge >= 0.3 is 6.18 Å². The lowest BCUT2D eigenvalue weighted by molar-refractivity contribution is -0.139. The molecule has 0 saturated heterocycles. The van der Waals surface area contributed by atoms with Gasteiger partial charge in [0.05, 0.1) is 19.1 Å². The predicted octanol–water partition coefficient (Wildman–Crippen LogP) is 1.79. The lowest BCUT2D eigenvalue weighted by Gasteiger charge is -2.25. The first-order valence-electron chi connectivity index (χ1n) is 6.02. The zero-order valence-corrected chi connectivity index (χ0v) is 10.5. The quantitative estimate of drug-likeness (QED) is 0.798. The first-order chi connectivity index (χ1) is 8.90. The first-order valence-corrected chi connectivity index (χ1v) is 6.02. The van der Waals surface area contributed by atoms with Crippen LogP contribution < -0.4 is 0 Å². The lowest BCUT2D eigenvalue weighted by atomic mass is 10.2. The van der Waals surface area contributed by atoms with Gasteiger partial charge in [-0.1, -0.05) is 30.3 Å². The van der Waals surface area contributed by atoms with Gasteiger partial charge in [-0.05, 0) is 5.56 Å². The molecule has 0 spiro atoms. The summed E-state index contributed by atoms with van der Waals surface area (Å²) in [6, 6.07) is 9.06. The number of hydrogen-bond donors (Lipinski definition) is 2. The second kappa shape index (κ2) is 7.47. The molecule has 0 aliphatic rings. The van der Waals surface area contributed by atoms with E-state index < -0.39 is 25.3 Å². The standard InChI is InChI=1S/C13H18F3NO2/c14-13(15,16)6-7-17(9-12(19)10-18)8-11-4-2-1-3-5-11/h1-5,12,18-19H,6-10H2/t12-/m0/s1. The highest BCUT2D eigenvalue weighted by molar-refractivity contribution is 5.14. The topological polar surface area (TPSA) is 43.7 Å². The first kappa shape index (κ1) is 15.9. The number of rotatable bonds is 7. The molecule has 0 fully saturated rings. The minimum Gasteiger partial charge on any atom is -0.394 e. The Morgan fingerprint density at radius 2 is 1.79 bits per heavy atom. The van der Waals surface area contributed by atoms with Gasteiger partial charge in [0.1, 0.15) is 0 Å². The van der Waals surface area contributed by atoms with Crippen molar-refractivity contribution in [3.63, 3.8) is 0 Å². The normalized spacial score (nSPS) is 13.8. The maximum absolute atomic E-state index is 12.2. The summed E-state index contributed by atoms with van der Waals surface area (Å²) in [6.07, 6.45) is -6.19. The Labute approximate surface area is 110 Å². The van der Waals surface area contributed by atoms with Crippen molar-refractivity contribution in [3.8, 4) is 0 Å². The monoisotopic (exact) mass is 277 g/mol. The summed E-state index contributed by atoms with van der Waals surface area (Å²) < 4.78 is 36.7. The van der Waals surface area contributed by atoms with E-state index in [9.17, 15) is 18.3 Å². The summed E-state index contributed by atoms with van der Waals surface area (Å²) in [5, 5.41) is 18.1. The van der Waals surface area contributed by atoms with Crippen LogP contribution in [0.5, 0.6) is 0 Å². The van der Waals surface area contributed by atoms with E-state index in [4.69, 9.17) is 5.11 Å². The highest BCUT2D eigenvalue weighted by atomic mass is 19.4. The minimum absolute atomic E-state index is 0.0154. The van der Waals surface area contributed by atoms with Gasteiger partial charge in [-0.2, -0.15) is 13.2 Å². The number of aliphatic hydroxyl groups is 2.